The second kappa shape index (κ2) is 9.06. The Morgan fingerprint density at radius 1 is 1.27 bits per heavy atom. The maximum Gasteiger partial charge on any atom is 0.317 e. The van der Waals surface area contributed by atoms with Crippen LogP contribution in [0.3, 0.4) is 0 Å². The molecule has 1 fully saturated rings. The molecule has 2 aliphatic heterocycles. The summed E-state index contributed by atoms with van der Waals surface area (Å²) >= 11 is 0. The highest BCUT2D eigenvalue weighted by Gasteiger charge is 2.32. The van der Waals surface area contributed by atoms with Crippen molar-refractivity contribution in [2.24, 2.45) is 5.92 Å². The molecule has 2 amide bonds. The van der Waals surface area contributed by atoms with Gasteiger partial charge in [-0.15, -0.1) is 0 Å². The molecular weight excluding hydrogens is 384 g/mol. The van der Waals surface area contributed by atoms with E-state index in [1.807, 2.05) is 0 Å². The molecule has 0 unspecified atom stereocenters. The third kappa shape index (κ3) is 4.84. The monoisotopic (exact) mass is 410 g/mol. The summed E-state index contributed by atoms with van der Waals surface area (Å²) in [4.78, 5) is 38.0. The van der Waals surface area contributed by atoms with Crippen molar-refractivity contribution in [3.05, 3.63) is 47.7 Å². The predicted molar refractivity (Wildman–Crippen MR) is 110 cm³/mol. The number of pyridine rings is 1. The van der Waals surface area contributed by atoms with Crippen LogP contribution in [0.5, 0.6) is 0 Å². The fraction of sp³-hybridized carbons (Fsp3) is 0.476. The smallest absolute Gasteiger partial charge is 0.317 e. The number of carboxylic acids is 1. The quantitative estimate of drug-likeness (QED) is 0.639. The summed E-state index contributed by atoms with van der Waals surface area (Å²) in [5.41, 5.74) is 2.95. The van der Waals surface area contributed by atoms with Gasteiger partial charge in [0.25, 0.3) is 0 Å². The third-order valence-corrected chi connectivity index (χ3v) is 5.66. The number of carbonyl (C=O) groups excluding carboxylic acids is 1. The molecular formula is C21H26N6O3. The molecule has 0 spiro atoms. The van der Waals surface area contributed by atoms with Crippen LogP contribution in [-0.2, 0) is 17.6 Å². The number of aliphatic carboxylic acids is 1. The third-order valence-electron chi connectivity index (χ3n) is 5.66. The van der Waals surface area contributed by atoms with E-state index in [2.05, 4.69) is 32.7 Å². The first-order valence-corrected chi connectivity index (χ1v) is 10.3. The summed E-state index contributed by atoms with van der Waals surface area (Å²) in [7, 11) is 0. The molecule has 1 saturated heterocycles. The number of carboxylic acid groups (broad SMARTS) is 1. The van der Waals surface area contributed by atoms with E-state index >= 15 is 0 Å². The molecule has 158 valence electrons. The molecule has 4 rings (SSSR count). The molecule has 2 aromatic rings. The summed E-state index contributed by atoms with van der Waals surface area (Å²) in [6, 6.07) is 3.37. The minimum atomic E-state index is -0.988. The average Bonchev–Trinajstić information content (AvgIpc) is 2.72. The lowest BCUT2D eigenvalue weighted by Gasteiger charge is -2.40. The number of nitrogens with zero attached hydrogens (tertiary/aromatic N) is 4. The van der Waals surface area contributed by atoms with E-state index in [1.165, 1.54) is 24.3 Å². The Balaban J connectivity index is 1.25. The lowest BCUT2D eigenvalue weighted by molar-refractivity contribution is -0.137. The van der Waals surface area contributed by atoms with Gasteiger partial charge in [-0.3, -0.25) is 4.79 Å². The second-order valence-corrected chi connectivity index (χ2v) is 7.92. The lowest BCUT2D eigenvalue weighted by Crippen LogP contribution is -2.54. The van der Waals surface area contributed by atoms with E-state index in [0.717, 1.165) is 43.7 Å². The van der Waals surface area contributed by atoms with Gasteiger partial charge in [-0.25, -0.2) is 19.7 Å². The summed E-state index contributed by atoms with van der Waals surface area (Å²) < 4.78 is 0. The molecule has 2 aromatic heterocycles. The van der Waals surface area contributed by atoms with Gasteiger partial charge < -0.3 is 20.6 Å². The number of amides is 2. The van der Waals surface area contributed by atoms with Crippen LogP contribution in [0.1, 0.15) is 42.1 Å². The molecule has 4 heterocycles. The summed E-state index contributed by atoms with van der Waals surface area (Å²) in [6.45, 7) is 2.31. The van der Waals surface area contributed by atoms with E-state index in [1.54, 1.807) is 4.90 Å². The van der Waals surface area contributed by atoms with Gasteiger partial charge in [0, 0.05) is 43.3 Å². The lowest BCUT2D eigenvalue weighted by atomic mass is 9.93. The highest BCUT2D eigenvalue weighted by Crippen LogP contribution is 2.24. The Morgan fingerprint density at radius 2 is 2.07 bits per heavy atom. The van der Waals surface area contributed by atoms with Crippen LogP contribution >= 0.6 is 0 Å². The Labute approximate surface area is 174 Å². The van der Waals surface area contributed by atoms with Crippen molar-refractivity contribution >= 4 is 17.8 Å². The zero-order valence-electron chi connectivity index (χ0n) is 16.8. The molecule has 30 heavy (non-hydrogen) atoms. The fourth-order valence-electron chi connectivity index (χ4n) is 3.94. The topological polar surface area (TPSA) is 120 Å². The minimum Gasteiger partial charge on any atom is -0.481 e. The second-order valence-electron chi connectivity index (χ2n) is 7.92. The van der Waals surface area contributed by atoms with E-state index in [-0.39, 0.29) is 12.5 Å². The molecule has 0 bridgehead atoms. The summed E-state index contributed by atoms with van der Waals surface area (Å²) in [6.07, 6.45) is 8.31. The maximum atomic E-state index is 12.5. The first-order chi connectivity index (χ1) is 14.6. The van der Waals surface area contributed by atoms with Gasteiger partial charge in [0.15, 0.2) is 0 Å². The number of aryl methyl sites for hydroxylation is 2. The van der Waals surface area contributed by atoms with Crippen LogP contribution in [0.25, 0.3) is 0 Å². The van der Waals surface area contributed by atoms with Crippen LogP contribution in [0, 0.1) is 5.92 Å². The van der Waals surface area contributed by atoms with Gasteiger partial charge in [0.1, 0.15) is 12.1 Å². The van der Waals surface area contributed by atoms with Crippen LogP contribution in [0.15, 0.2) is 30.9 Å². The number of aromatic nitrogens is 3. The van der Waals surface area contributed by atoms with E-state index in [9.17, 15) is 9.59 Å². The molecule has 3 N–H and O–H groups in total. The minimum absolute atomic E-state index is 0.214. The molecule has 1 atom stereocenters. The number of likely N-dealkylation sites (tertiary alicyclic amines) is 1. The zero-order valence-corrected chi connectivity index (χ0v) is 16.8. The van der Waals surface area contributed by atoms with Gasteiger partial charge in [-0.1, -0.05) is 6.07 Å². The number of anilines is 1. The Bertz CT molecular complexity index is 901. The zero-order chi connectivity index (χ0) is 20.9. The Kier molecular flexibility index (Phi) is 6.06. The number of fused-ring (bicyclic) bond motifs is 1. The van der Waals surface area contributed by atoms with Gasteiger partial charge in [0.2, 0.25) is 0 Å². The Hall–Kier alpha value is -3.23. The molecule has 2 aliphatic rings. The van der Waals surface area contributed by atoms with Crippen molar-refractivity contribution in [1.82, 2.24) is 25.2 Å². The van der Waals surface area contributed by atoms with E-state index < -0.39 is 12.0 Å². The first kappa shape index (κ1) is 20.1. The largest absolute Gasteiger partial charge is 0.481 e. The van der Waals surface area contributed by atoms with Crippen LogP contribution < -0.4 is 10.6 Å². The Morgan fingerprint density at radius 3 is 2.83 bits per heavy atom. The molecule has 0 radical (unpaired) electrons. The van der Waals surface area contributed by atoms with Crippen molar-refractivity contribution < 1.29 is 14.7 Å². The van der Waals surface area contributed by atoms with Crippen molar-refractivity contribution in [3.63, 3.8) is 0 Å². The number of urea groups is 1. The number of hydrogen-bond acceptors (Lipinski definition) is 6. The van der Waals surface area contributed by atoms with Gasteiger partial charge in [0.05, 0.1) is 12.5 Å². The number of hydrogen-bond donors (Lipinski definition) is 3. The van der Waals surface area contributed by atoms with Gasteiger partial charge >= 0.3 is 12.0 Å². The van der Waals surface area contributed by atoms with Crippen molar-refractivity contribution in [3.8, 4) is 0 Å². The molecule has 9 nitrogen and oxygen atoms in total. The summed E-state index contributed by atoms with van der Waals surface area (Å²) in [5, 5.41) is 15.3. The van der Waals surface area contributed by atoms with Crippen LogP contribution in [0.4, 0.5) is 10.6 Å². The molecule has 0 aliphatic carbocycles. The average molecular weight is 410 g/mol. The molecule has 9 heteroatoms. The van der Waals surface area contributed by atoms with E-state index in [4.69, 9.17) is 10.1 Å². The van der Waals surface area contributed by atoms with Crippen molar-refractivity contribution in [2.45, 2.75) is 38.1 Å². The molecule has 0 aromatic carbocycles. The standard InChI is InChI=1S/C21H26N6O3/c28-19(29)8-18(16-9-22-13-23-10-16)26-21(30)27-11-14(12-27)3-5-17-6-4-15-2-1-7-24-20(15)25-17/h4,6,9-10,13-14,18H,1-3,5,7-8,11-12H2,(H,24,25)(H,26,30)(H,28,29)/t18-/m0/s1. The fourth-order valence-corrected chi connectivity index (χ4v) is 3.94. The van der Waals surface area contributed by atoms with Crippen molar-refractivity contribution in [2.75, 3.05) is 25.0 Å². The van der Waals surface area contributed by atoms with E-state index in [0.29, 0.717) is 24.6 Å². The van der Waals surface area contributed by atoms with Crippen LogP contribution in [0.2, 0.25) is 0 Å². The van der Waals surface area contributed by atoms with Crippen LogP contribution in [-0.4, -0.2) is 56.6 Å². The maximum absolute atomic E-state index is 12.5. The summed E-state index contributed by atoms with van der Waals surface area (Å²) in [5.74, 6) is 0.458. The number of nitrogens with one attached hydrogen (secondary N) is 2. The van der Waals surface area contributed by atoms with Gasteiger partial charge in [-0.05, 0) is 43.2 Å². The first-order valence-electron chi connectivity index (χ1n) is 10.3. The SMILES string of the molecule is O=C(O)C[C@H](NC(=O)N1CC(CCc2ccc3c(n2)NCCC3)C1)c1cncnc1. The van der Waals surface area contributed by atoms with Gasteiger partial charge in [-0.2, -0.15) is 0 Å². The van der Waals surface area contributed by atoms with Crippen molar-refractivity contribution in [1.29, 1.82) is 0 Å². The predicted octanol–water partition coefficient (Wildman–Crippen LogP) is 2.02. The highest BCUT2D eigenvalue weighted by atomic mass is 16.4. The highest BCUT2D eigenvalue weighted by molar-refractivity contribution is 5.77. The molecule has 0 saturated carbocycles. The number of rotatable bonds is 7. The number of carbonyl (C=O) groups is 2. The normalized spacial score (nSPS) is 16.7.